The Morgan fingerprint density at radius 2 is 1.76 bits per heavy atom. The quantitative estimate of drug-likeness (QED) is 0.616. The van der Waals surface area contributed by atoms with E-state index in [0.29, 0.717) is 17.5 Å². The number of piperazine rings is 1. The number of nitrogens with one attached hydrogen (secondary N) is 3. The Morgan fingerprint density at radius 1 is 1.00 bits per heavy atom. The van der Waals surface area contributed by atoms with Gasteiger partial charge in [-0.3, -0.25) is 0 Å². The summed E-state index contributed by atoms with van der Waals surface area (Å²) in [6.45, 7) is 4.00. The number of benzene rings is 2. The van der Waals surface area contributed by atoms with E-state index in [9.17, 15) is 4.39 Å². The molecule has 0 radical (unpaired) electrons. The number of hydrogen-bond donors (Lipinski definition) is 3. The fourth-order valence-corrected chi connectivity index (χ4v) is 3.13. The van der Waals surface area contributed by atoms with E-state index in [2.05, 4.69) is 43.0 Å². The van der Waals surface area contributed by atoms with E-state index in [1.54, 1.807) is 18.3 Å². The van der Waals surface area contributed by atoms with E-state index in [1.807, 2.05) is 18.2 Å². The summed E-state index contributed by atoms with van der Waals surface area (Å²) < 4.78 is 13.5. The Balaban J connectivity index is 1.44. The Kier molecular flexibility index (Phi) is 5.49. The van der Waals surface area contributed by atoms with Gasteiger partial charge in [-0.25, -0.2) is 9.37 Å². The fraction of sp³-hybridized carbons (Fsp3) is 0.190. The Bertz CT molecular complexity index is 1020. The van der Waals surface area contributed by atoms with Crippen molar-refractivity contribution in [2.75, 3.05) is 41.7 Å². The highest BCUT2D eigenvalue weighted by Gasteiger charge is 2.10. The maximum Gasteiger partial charge on any atom is 0.229 e. The van der Waals surface area contributed by atoms with Crippen LogP contribution < -0.4 is 20.9 Å². The van der Waals surface area contributed by atoms with Gasteiger partial charge >= 0.3 is 0 Å². The smallest absolute Gasteiger partial charge is 0.229 e. The van der Waals surface area contributed by atoms with Gasteiger partial charge in [0.2, 0.25) is 5.95 Å². The molecular weight excluding hydrogens is 369 g/mol. The third-order valence-electron chi connectivity index (χ3n) is 4.62. The van der Waals surface area contributed by atoms with Gasteiger partial charge in [-0.15, -0.1) is 0 Å². The molecule has 0 spiro atoms. The van der Waals surface area contributed by atoms with Crippen molar-refractivity contribution in [2.24, 2.45) is 0 Å². The van der Waals surface area contributed by atoms with Crippen molar-refractivity contribution in [2.45, 2.75) is 0 Å². The van der Waals surface area contributed by atoms with Crippen LogP contribution in [0.2, 0.25) is 0 Å². The Labute approximate surface area is 168 Å². The number of hydrogen-bond acceptors (Lipinski definition) is 7. The standard InChI is InChI=1S/C21H20FN7/c22-19-6-3-17(13-15(19)14-23)26-20-7-8-25-21(28-20)27-16-1-4-18(5-2-16)29-11-9-24-10-12-29/h1-8,13,24H,9-12H2,(H2,25,26,27,28). The zero-order chi connectivity index (χ0) is 20.1. The lowest BCUT2D eigenvalue weighted by Gasteiger charge is -2.29. The molecule has 0 bridgehead atoms. The van der Waals surface area contributed by atoms with E-state index in [4.69, 9.17) is 5.26 Å². The summed E-state index contributed by atoms with van der Waals surface area (Å²) in [7, 11) is 0. The van der Waals surface area contributed by atoms with Gasteiger partial charge in [-0.2, -0.15) is 10.2 Å². The highest BCUT2D eigenvalue weighted by atomic mass is 19.1. The lowest BCUT2D eigenvalue weighted by Crippen LogP contribution is -2.43. The first-order valence-electron chi connectivity index (χ1n) is 9.34. The Morgan fingerprint density at radius 3 is 2.52 bits per heavy atom. The lowest BCUT2D eigenvalue weighted by molar-refractivity contribution is 0.589. The molecule has 2 heterocycles. The van der Waals surface area contributed by atoms with Crippen molar-refractivity contribution in [3.63, 3.8) is 0 Å². The summed E-state index contributed by atoms with van der Waals surface area (Å²) in [5, 5.41) is 18.6. The van der Waals surface area contributed by atoms with Crippen molar-refractivity contribution >= 4 is 28.8 Å². The van der Waals surface area contributed by atoms with Crippen LogP contribution in [0.3, 0.4) is 0 Å². The molecule has 3 N–H and O–H groups in total. The highest BCUT2D eigenvalue weighted by Crippen LogP contribution is 2.22. The molecule has 1 aromatic heterocycles. The van der Waals surface area contributed by atoms with Gasteiger partial charge in [0.05, 0.1) is 5.56 Å². The lowest BCUT2D eigenvalue weighted by atomic mass is 10.2. The van der Waals surface area contributed by atoms with Crippen LogP contribution in [0.25, 0.3) is 0 Å². The molecule has 1 fully saturated rings. The van der Waals surface area contributed by atoms with E-state index >= 15 is 0 Å². The van der Waals surface area contributed by atoms with Crippen LogP contribution in [-0.4, -0.2) is 36.1 Å². The van der Waals surface area contributed by atoms with Crippen molar-refractivity contribution in [1.29, 1.82) is 5.26 Å². The second-order valence-electron chi connectivity index (χ2n) is 6.61. The molecule has 3 aromatic rings. The second-order valence-corrected chi connectivity index (χ2v) is 6.61. The molecule has 7 nitrogen and oxygen atoms in total. The number of nitrogens with zero attached hydrogens (tertiary/aromatic N) is 4. The molecule has 1 aliphatic rings. The van der Waals surface area contributed by atoms with Gasteiger partial charge < -0.3 is 20.9 Å². The normalized spacial score (nSPS) is 13.6. The minimum absolute atomic E-state index is 0.0213. The molecule has 2 aromatic carbocycles. The summed E-state index contributed by atoms with van der Waals surface area (Å²) in [5.74, 6) is 0.426. The van der Waals surface area contributed by atoms with Gasteiger partial charge in [0, 0.05) is 49.4 Å². The third kappa shape index (κ3) is 4.59. The molecule has 146 valence electrons. The van der Waals surface area contributed by atoms with Crippen molar-refractivity contribution in [3.8, 4) is 6.07 Å². The zero-order valence-electron chi connectivity index (χ0n) is 15.7. The van der Waals surface area contributed by atoms with Crippen LogP contribution in [0.1, 0.15) is 5.56 Å². The van der Waals surface area contributed by atoms with Gasteiger partial charge in [-0.1, -0.05) is 0 Å². The van der Waals surface area contributed by atoms with E-state index in [-0.39, 0.29) is 5.56 Å². The predicted molar refractivity (Wildman–Crippen MR) is 111 cm³/mol. The van der Waals surface area contributed by atoms with E-state index in [1.165, 1.54) is 17.8 Å². The first kappa shape index (κ1) is 18.7. The van der Waals surface area contributed by atoms with E-state index in [0.717, 1.165) is 31.9 Å². The largest absolute Gasteiger partial charge is 0.369 e. The topological polar surface area (TPSA) is 88.9 Å². The summed E-state index contributed by atoms with van der Waals surface area (Å²) in [5.41, 5.74) is 2.63. The van der Waals surface area contributed by atoms with Gasteiger partial charge in [0.25, 0.3) is 0 Å². The summed E-state index contributed by atoms with van der Waals surface area (Å²) in [6.07, 6.45) is 1.63. The molecule has 4 rings (SSSR count). The van der Waals surface area contributed by atoms with Crippen molar-refractivity contribution in [3.05, 3.63) is 66.1 Å². The molecular formula is C21H20FN7. The van der Waals surface area contributed by atoms with Crippen LogP contribution in [0.4, 0.5) is 33.2 Å². The van der Waals surface area contributed by atoms with Crippen LogP contribution in [0.5, 0.6) is 0 Å². The number of halogens is 1. The van der Waals surface area contributed by atoms with Crippen LogP contribution in [0, 0.1) is 17.1 Å². The van der Waals surface area contributed by atoms with Gasteiger partial charge in [-0.05, 0) is 48.5 Å². The maximum absolute atomic E-state index is 13.5. The van der Waals surface area contributed by atoms with Crippen molar-refractivity contribution < 1.29 is 4.39 Å². The number of anilines is 5. The Hall–Kier alpha value is -3.70. The van der Waals surface area contributed by atoms with Crippen LogP contribution in [0.15, 0.2) is 54.7 Å². The van der Waals surface area contributed by atoms with Crippen LogP contribution >= 0.6 is 0 Å². The fourth-order valence-electron chi connectivity index (χ4n) is 3.13. The first-order valence-corrected chi connectivity index (χ1v) is 9.34. The minimum atomic E-state index is -0.549. The molecule has 29 heavy (non-hydrogen) atoms. The van der Waals surface area contributed by atoms with Crippen LogP contribution in [-0.2, 0) is 0 Å². The average molecular weight is 389 g/mol. The summed E-state index contributed by atoms with van der Waals surface area (Å²) in [4.78, 5) is 11.0. The summed E-state index contributed by atoms with van der Waals surface area (Å²) >= 11 is 0. The molecule has 8 heteroatoms. The minimum Gasteiger partial charge on any atom is -0.369 e. The van der Waals surface area contributed by atoms with Gasteiger partial charge in [0.15, 0.2) is 0 Å². The molecule has 0 aliphatic carbocycles. The molecule has 1 saturated heterocycles. The number of aromatic nitrogens is 2. The highest BCUT2D eigenvalue weighted by molar-refractivity contribution is 5.62. The third-order valence-corrected chi connectivity index (χ3v) is 4.62. The SMILES string of the molecule is N#Cc1cc(Nc2ccnc(Nc3ccc(N4CCNCC4)cc3)n2)ccc1F. The molecule has 1 aliphatic heterocycles. The zero-order valence-corrected chi connectivity index (χ0v) is 15.7. The van der Waals surface area contributed by atoms with E-state index < -0.39 is 5.82 Å². The molecule has 0 amide bonds. The predicted octanol–water partition coefficient (Wildman–Crippen LogP) is 3.38. The average Bonchev–Trinajstić information content (AvgIpc) is 2.76. The molecule has 0 saturated carbocycles. The second kappa shape index (κ2) is 8.54. The number of nitriles is 1. The van der Waals surface area contributed by atoms with Gasteiger partial charge in [0.1, 0.15) is 17.7 Å². The number of rotatable bonds is 5. The first-order chi connectivity index (χ1) is 14.2. The molecule has 0 atom stereocenters. The summed E-state index contributed by atoms with van der Waals surface area (Å²) in [6, 6.07) is 15.9. The molecule has 0 unspecified atom stereocenters. The maximum atomic E-state index is 13.5. The monoisotopic (exact) mass is 389 g/mol. The van der Waals surface area contributed by atoms with Crippen molar-refractivity contribution in [1.82, 2.24) is 15.3 Å².